The molecule has 1 nitrogen and oxygen atoms in total. The second kappa shape index (κ2) is 8.69. The second-order valence-corrected chi connectivity index (χ2v) is 11.2. The minimum absolute atomic E-state index is 0.300. The van der Waals surface area contributed by atoms with Crippen LogP contribution in [0.25, 0.3) is 21.5 Å². The zero-order valence-corrected chi connectivity index (χ0v) is 21.7. The smallest absolute Gasteiger partial charge is 0.0674 e. The standard InChI is InChI=1S/C28H28Br2O/c1-27(2,17-19-13-15-25(29)23-11-7-5-9-21(19)23)31-28(3,4)18-20-14-16-26(30)24-12-8-6-10-22(20)24/h5-16H,17-18H2,1-4H3. The first-order chi connectivity index (χ1) is 14.7. The highest BCUT2D eigenvalue weighted by Gasteiger charge is 2.30. The molecule has 0 aliphatic rings. The van der Waals surface area contributed by atoms with E-state index < -0.39 is 0 Å². The van der Waals surface area contributed by atoms with E-state index >= 15 is 0 Å². The van der Waals surface area contributed by atoms with Gasteiger partial charge in [0.2, 0.25) is 0 Å². The summed E-state index contributed by atoms with van der Waals surface area (Å²) in [7, 11) is 0. The van der Waals surface area contributed by atoms with Gasteiger partial charge in [-0.2, -0.15) is 0 Å². The number of benzene rings is 4. The van der Waals surface area contributed by atoms with E-state index in [4.69, 9.17) is 4.74 Å². The van der Waals surface area contributed by atoms with E-state index in [9.17, 15) is 0 Å². The molecule has 4 rings (SSSR count). The maximum absolute atomic E-state index is 6.77. The molecule has 4 aromatic rings. The fourth-order valence-corrected chi connectivity index (χ4v) is 5.65. The fraction of sp³-hybridized carbons (Fsp3) is 0.286. The molecule has 0 heterocycles. The van der Waals surface area contributed by atoms with Crippen molar-refractivity contribution >= 4 is 53.4 Å². The quantitative estimate of drug-likeness (QED) is 0.237. The van der Waals surface area contributed by atoms with Crippen molar-refractivity contribution in [2.24, 2.45) is 0 Å². The van der Waals surface area contributed by atoms with Gasteiger partial charge < -0.3 is 4.74 Å². The van der Waals surface area contributed by atoms with Gasteiger partial charge in [-0.05, 0) is 72.5 Å². The highest BCUT2D eigenvalue weighted by atomic mass is 79.9. The molecule has 3 heteroatoms. The van der Waals surface area contributed by atoms with Crippen LogP contribution in [0.5, 0.6) is 0 Å². The van der Waals surface area contributed by atoms with Crippen LogP contribution < -0.4 is 0 Å². The van der Waals surface area contributed by atoms with E-state index in [0.717, 1.165) is 21.8 Å². The Kier molecular flexibility index (Phi) is 6.31. The maximum Gasteiger partial charge on any atom is 0.0674 e. The third-order valence-electron chi connectivity index (χ3n) is 5.71. The van der Waals surface area contributed by atoms with Crippen LogP contribution >= 0.6 is 31.9 Å². The molecule has 0 spiro atoms. The molecule has 0 amide bonds. The van der Waals surface area contributed by atoms with Crippen LogP contribution in [0.3, 0.4) is 0 Å². The number of rotatable bonds is 6. The third kappa shape index (κ3) is 5.05. The average molecular weight is 540 g/mol. The monoisotopic (exact) mass is 538 g/mol. The highest BCUT2D eigenvalue weighted by molar-refractivity contribution is 9.11. The van der Waals surface area contributed by atoms with E-state index in [1.165, 1.54) is 32.7 Å². The van der Waals surface area contributed by atoms with Crippen molar-refractivity contribution in [2.75, 3.05) is 0 Å². The summed E-state index contributed by atoms with van der Waals surface area (Å²) in [5, 5.41) is 5.06. The van der Waals surface area contributed by atoms with Gasteiger partial charge in [0, 0.05) is 21.8 Å². The molecule has 0 bridgehead atoms. The lowest BCUT2D eigenvalue weighted by atomic mass is 9.90. The molecule has 0 unspecified atom stereocenters. The zero-order valence-electron chi connectivity index (χ0n) is 18.5. The molecule has 4 aromatic carbocycles. The van der Waals surface area contributed by atoms with E-state index in [1.54, 1.807) is 0 Å². The molecule has 0 N–H and O–H groups in total. The lowest BCUT2D eigenvalue weighted by Crippen LogP contribution is -2.40. The lowest BCUT2D eigenvalue weighted by Gasteiger charge is -2.37. The minimum atomic E-state index is -0.300. The molecule has 0 aliphatic carbocycles. The van der Waals surface area contributed by atoms with Crippen molar-refractivity contribution < 1.29 is 4.74 Å². The predicted molar refractivity (Wildman–Crippen MR) is 140 cm³/mol. The summed E-state index contributed by atoms with van der Waals surface area (Å²) >= 11 is 7.37. The Bertz CT molecular complexity index is 1140. The summed E-state index contributed by atoms with van der Waals surface area (Å²) in [5.74, 6) is 0. The Morgan fingerprint density at radius 3 is 1.29 bits per heavy atom. The zero-order chi connectivity index (χ0) is 22.2. The summed E-state index contributed by atoms with van der Waals surface area (Å²) in [6.45, 7) is 8.80. The first-order valence-corrected chi connectivity index (χ1v) is 12.3. The molecule has 0 atom stereocenters. The van der Waals surface area contributed by atoms with Gasteiger partial charge in [-0.25, -0.2) is 0 Å². The largest absolute Gasteiger partial charge is 0.369 e. The van der Waals surface area contributed by atoms with Gasteiger partial charge in [0.15, 0.2) is 0 Å². The van der Waals surface area contributed by atoms with Gasteiger partial charge in [0.25, 0.3) is 0 Å². The van der Waals surface area contributed by atoms with Crippen LogP contribution in [0.2, 0.25) is 0 Å². The van der Waals surface area contributed by atoms with Crippen molar-refractivity contribution in [3.63, 3.8) is 0 Å². The third-order valence-corrected chi connectivity index (χ3v) is 7.09. The molecular formula is C28H28Br2O. The number of halogens is 2. The summed E-state index contributed by atoms with van der Waals surface area (Å²) in [5.41, 5.74) is 2.03. The molecule has 160 valence electrons. The van der Waals surface area contributed by atoms with Gasteiger partial charge in [0.1, 0.15) is 0 Å². The first-order valence-electron chi connectivity index (χ1n) is 10.7. The molecule has 0 aromatic heterocycles. The lowest BCUT2D eigenvalue weighted by molar-refractivity contribution is -0.120. The molecule has 31 heavy (non-hydrogen) atoms. The molecule has 0 saturated carbocycles. The Balaban J connectivity index is 1.58. The van der Waals surface area contributed by atoms with Crippen molar-refractivity contribution in [1.82, 2.24) is 0 Å². The van der Waals surface area contributed by atoms with Crippen LogP contribution in [-0.2, 0) is 17.6 Å². The maximum atomic E-state index is 6.77. The number of hydrogen-bond acceptors (Lipinski definition) is 1. The van der Waals surface area contributed by atoms with E-state index in [2.05, 4.69) is 132 Å². The Labute approximate surface area is 202 Å². The van der Waals surface area contributed by atoms with Gasteiger partial charge in [0.05, 0.1) is 11.2 Å². The van der Waals surface area contributed by atoms with Crippen molar-refractivity contribution in [3.8, 4) is 0 Å². The number of hydrogen-bond donors (Lipinski definition) is 0. The van der Waals surface area contributed by atoms with Gasteiger partial charge in [-0.1, -0.05) is 92.5 Å². The fourth-order valence-electron chi connectivity index (χ4n) is 4.70. The Hall–Kier alpha value is -1.68. The van der Waals surface area contributed by atoms with E-state index in [0.29, 0.717) is 0 Å². The summed E-state index contributed by atoms with van der Waals surface area (Å²) < 4.78 is 9.03. The molecule has 0 fully saturated rings. The number of ether oxygens (including phenoxy) is 1. The van der Waals surface area contributed by atoms with Gasteiger partial charge >= 0.3 is 0 Å². The van der Waals surface area contributed by atoms with Crippen molar-refractivity contribution in [3.05, 3.63) is 92.9 Å². The van der Waals surface area contributed by atoms with Crippen LogP contribution in [0.15, 0.2) is 81.7 Å². The van der Waals surface area contributed by atoms with Crippen LogP contribution in [0, 0.1) is 0 Å². The number of fused-ring (bicyclic) bond motifs is 2. The highest BCUT2D eigenvalue weighted by Crippen LogP contribution is 2.34. The topological polar surface area (TPSA) is 9.23 Å². The second-order valence-electron chi connectivity index (χ2n) is 9.48. The summed E-state index contributed by atoms with van der Waals surface area (Å²) in [4.78, 5) is 0. The molecule has 0 saturated heterocycles. The van der Waals surface area contributed by atoms with Crippen LogP contribution in [0.4, 0.5) is 0 Å². The summed E-state index contributed by atoms with van der Waals surface area (Å²) in [6.07, 6.45) is 1.70. The van der Waals surface area contributed by atoms with Gasteiger partial charge in [-0.3, -0.25) is 0 Å². The van der Waals surface area contributed by atoms with Crippen LogP contribution in [0.1, 0.15) is 38.8 Å². The molecule has 0 radical (unpaired) electrons. The SMILES string of the molecule is CC(C)(Cc1ccc(Br)c2ccccc12)OC(C)(C)Cc1ccc(Br)c2ccccc12. The Morgan fingerprint density at radius 2 is 0.903 bits per heavy atom. The average Bonchev–Trinajstić information content (AvgIpc) is 2.72. The van der Waals surface area contributed by atoms with Gasteiger partial charge in [-0.15, -0.1) is 0 Å². The molecule has 0 aliphatic heterocycles. The van der Waals surface area contributed by atoms with Crippen molar-refractivity contribution in [1.29, 1.82) is 0 Å². The van der Waals surface area contributed by atoms with E-state index in [-0.39, 0.29) is 11.2 Å². The minimum Gasteiger partial charge on any atom is -0.369 e. The predicted octanol–water partition coefficient (Wildman–Crippen LogP) is 8.88. The summed E-state index contributed by atoms with van der Waals surface area (Å²) in [6, 6.07) is 25.8. The molecular weight excluding hydrogens is 512 g/mol. The Morgan fingerprint density at radius 1 is 0.548 bits per heavy atom. The van der Waals surface area contributed by atoms with Crippen LogP contribution in [-0.4, -0.2) is 11.2 Å². The normalized spacial score (nSPS) is 12.6. The van der Waals surface area contributed by atoms with Crippen molar-refractivity contribution in [2.45, 2.75) is 51.7 Å². The van der Waals surface area contributed by atoms with E-state index in [1.807, 2.05) is 0 Å². The first kappa shape index (κ1) is 22.5.